The molecule has 0 N–H and O–H groups in total. The van der Waals surface area contributed by atoms with E-state index in [0.29, 0.717) is 0 Å². The van der Waals surface area contributed by atoms with Crippen LogP contribution in [-0.4, -0.2) is 27.3 Å². The second-order valence-electron chi connectivity index (χ2n) is 6.19. The van der Waals surface area contributed by atoms with Crippen molar-refractivity contribution in [3.63, 3.8) is 0 Å². The molecule has 120 valence electrons. The van der Waals surface area contributed by atoms with E-state index in [1.807, 2.05) is 29.8 Å². The largest absolute Gasteiger partial charge is 0.381 e. The van der Waals surface area contributed by atoms with Crippen LogP contribution in [0.2, 0.25) is 0 Å². The fourth-order valence-corrected chi connectivity index (χ4v) is 4.07. The Kier molecular flexibility index (Phi) is 3.54. The number of nitrogens with zero attached hydrogens (tertiary/aromatic N) is 3. The average Bonchev–Trinajstić information content (AvgIpc) is 3.11. The Hall–Kier alpha value is -1.66. The minimum Gasteiger partial charge on any atom is -0.381 e. The second kappa shape index (κ2) is 5.46. The van der Waals surface area contributed by atoms with Gasteiger partial charge in [-0.2, -0.15) is 0 Å². The number of hydrogen-bond acceptors (Lipinski definition) is 3. The third kappa shape index (κ3) is 2.23. The van der Waals surface area contributed by atoms with Gasteiger partial charge in [0, 0.05) is 30.1 Å². The van der Waals surface area contributed by atoms with Crippen LogP contribution in [0.5, 0.6) is 0 Å². The summed E-state index contributed by atoms with van der Waals surface area (Å²) in [4.78, 5) is 17.3. The van der Waals surface area contributed by atoms with E-state index in [1.165, 1.54) is 0 Å². The van der Waals surface area contributed by atoms with Gasteiger partial charge in [0.05, 0.1) is 28.9 Å². The van der Waals surface area contributed by atoms with Crippen molar-refractivity contribution in [3.05, 3.63) is 39.4 Å². The quantitative estimate of drug-likeness (QED) is 0.689. The second-order valence-corrected chi connectivity index (χ2v) is 7.11. The number of rotatable bonds is 2. The lowest BCUT2D eigenvalue weighted by atomic mass is 10.1. The molecule has 1 aliphatic carbocycles. The van der Waals surface area contributed by atoms with Gasteiger partial charge in [-0.1, -0.05) is 15.9 Å². The summed E-state index contributed by atoms with van der Waals surface area (Å²) in [6.07, 6.45) is 4.88. The Morgan fingerprint density at radius 3 is 2.91 bits per heavy atom. The summed E-state index contributed by atoms with van der Waals surface area (Å²) in [5.74, 6) is 0. The maximum atomic E-state index is 12.8. The number of imidazole rings is 1. The zero-order valence-corrected chi connectivity index (χ0v) is 14.7. The van der Waals surface area contributed by atoms with Gasteiger partial charge in [-0.15, -0.1) is 0 Å². The lowest BCUT2D eigenvalue weighted by molar-refractivity contribution is 0.106. The van der Waals surface area contributed by atoms with Crippen LogP contribution in [-0.2, 0) is 11.8 Å². The molecule has 0 spiro atoms. The van der Waals surface area contributed by atoms with Crippen LogP contribution in [0.4, 0.5) is 0 Å². The highest BCUT2D eigenvalue weighted by Gasteiger charge is 2.29. The molecular weight excluding hydrogens is 358 g/mol. The zero-order chi connectivity index (χ0) is 16.1. The van der Waals surface area contributed by atoms with Crippen molar-refractivity contribution in [1.29, 1.82) is 0 Å². The highest BCUT2D eigenvalue weighted by atomic mass is 79.9. The number of aryl methyl sites for hydroxylation is 1. The molecular formula is C17H18BrN3O2. The molecule has 0 bridgehead atoms. The predicted molar refractivity (Wildman–Crippen MR) is 93.9 cm³/mol. The van der Waals surface area contributed by atoms with Crippen LogP contribution < -0.4 is 5.69 Å². The number of aromatic nitrogens is 3. The van der Waals surface area contributed by atoms with Crippen molar-refractivity contribution in [2.45, 2.75) is 31.4 Å². The summed E-state index contributed by atoms with van der Waals surface area (Å²) >= 11 is 3.53. The Bertz CT molecular complexity index is 960. The Labute approximate surface area is 142 Å². The van der Waals surface area contributed by atoms with Gasteiger partial charge in [-0.25, -0.2) is 4.79 Å². The van der Waals surface area contributed by atoms with E-state index in [2.05, 4.69) is 20.9 Å². The molecule has 0 aliphatic heterocycles. The third-order valence-corrected chi connectivity index (χ3v) is 5.43. The summed E-state index contributed by atoms with van der Waals surface area (Å²) < 4.78 is 10.1. The van der Waals surface area contributed by atoms with Crippen LogP contribution in [0.15, 0.2) is 33.7 Å². The number of halogens is 1. The van der Waals surface area contributed by atoms with Gasteiger partial charge in [0.1, 0.15) is 0 Å². The van der Waals surface area contributed by atoms with E-state index in [4.69, 9.17) is 4.74 Å². The van der Waals surface area contributed by atoms with Gasteiger partial charge in [-0.05, 0) is 37.5 Å². The summed E-state index contributed by atoms with van der Waals surface area (Å²) in [5.41, 5.74) is 2.78. The molecule has 0 saturated heterocycles. The zero-order valence-electron chi connectivity index (χ0n) is 13.1. The fraction of sp³-hybridized carbons (Fsp3) is 0.412. The van der Waals surface area contributed by atoms with Crippen LogP contribution >= 0.6 is 15.9 Å². The molecule has 0 unspecified atom stereocenters. The number of hydrogen-bond donors (Lipinski definition) is 0. The Morgan fingerprint density at radius 1 is 1.35 bits per heavy atom. The van der Waals surface area contributed by atoms with Crippen LogP contribution in [0.3, 0.4) is 0 Å². The number of benzene rings is 1. The third-order valence-electron chi connectivity index (χ3n) is 4.93. The van der Waals surface area contributed by atoms with Gasteiger partial charge in [0.15, 0.2) is 0 Å². The number of pyridine rings is 1. The van der Waals surface area contributed by atoms with Crippen molar-refractivity contribution in [2.24, 2.45) is 7.05 Å². The molecule has 3 aromatic rings. The van der Waals surface area contributed by atoms with Crippen molar-refractivity contribution in [1.82, 2.24) is 14.1 Å². The van der Waals surface area contributed by atoms with Crippen molar-refractivity contribution in [3.8, 4) is 0 Å². The predicted octanol–water partition coefficient (Wildman–Crippen LogP) is 3.39. The molecule has 2 aromatic heterocycles. The van der Waals surface area contributed by atoms with Crippen LogP contribution in [0, 0.1) is 0 Å². The molecule has 1 fully saturated rings. The molecule has 0 radical (unpaired) electrons. The topological polar surface area (TPSA) is 49.0 Å². The summed E-state index contributed by atoms with van der Waals surface area (Å²) in [6.45, 7) is 0. The minimum absolute atomic E-state index is 0.0241. The van der Waals surface area contributed by atoms with Gasteiger partial charge >= 0.3 is 5.69 Å². The van der Waals surface area contributed by atoms with Crippen LogP contribution in [0.1, 0.15) is 25.3 Å². The number of ether oxygens (including phenoxy) is 1. The molecule has 6 heteroatoms. The molecule has 2 heterocycles. The maximum absolute atomic E-state index is 12.8. The first kappa shape index (κ1) is 14.9. The van der Waals surface area contributed by atoms with E-state index in [-0.39, 0.29) is 17.8 Å². The lowest BCUT2D eigenvalue weighted by Gasteiger charge is -2.13. The highest BCUT2D eigenvalue weighted by molar-refractivity contribution is 9.10. The lowest BCUT2D eigenvalue weighted by Crippen LogP contribution is -2.25. The molecule has 1 saturated carbocycles. The van der Waals surface area contributed by atoms with E-state index in [1.54, 1.807) is 17.9 Å². The van der Waals surface area contributed by atoms with Gasteiger partial charge in [-0.3, -0.25) is 14.1 Å². The molecule has 23 heavy (non-hydrogen) atoms. The monoisotopic (exact) mass is 375 g/mol. The van der Waals surface area contributed by atoms with Gasteiger partial charge in [0.25, 0.3) is 0 Å². The Morgan fingerprint density at radius 2 is 2.17 bits per heavy atom. The number of methoxy groups -OCH3 is 1. The first-order chi connectivity index (χ1) is 11.1. The van der Waals surface area contributed by atoms with Gasteiger partial charge in [0.2, 0.25) is 0 Å². The summed E-state index contributed by atoms with van der Waals surface area (Å²) in [5, 5.41) is 1.01. The Balaban J connectivity index is 2.04. The van der Waals surface area contributed by atoms with Crippen molar-refractivity contribution >= 4 is 37.9 Å². The van der Waals surface area contributed by atoms with E-state index < -0.39 is 0 Å². The first-order valence-electron chi connectivity index (χ1n) is 7.78. The van der Waals surface area contributed by atoms with Crippen LogP contribution in [0.25, 0.3) is 21.9 Å². The van der Waals surface area contributed by atoms with Gasteiger partial charge < -0.3 is 4.74 Å². The standard InChI is InChI=1S/C17H18BrN3O2/c1-20-15-9-19-14-6-3-10(18)7-13(14)16(15)21(17(20)22)11-4-5-12(8-11)23-2/h3,6-7,9,11-12H,4-5,8H2,1-2H3/t11-,12-/m1/s1. The number of fused-ring (bicyclic) bond motifs is 3. The maximum Gasteiger partial charge on any atom is 0.329 e. The minimum atomic E-state index is 0.0241. The smallest absolute Gasteiger partial charge is 0.329 e. The molecule has 1 aromatic carbocycles. The molecule has 0 amide bonds. The van der Waals surface area contributed by atoms with Crippen molar-refractivity contribution in [2.75, 3.05) is 7.11 Å². The molecule has 2 atom stereocenters. The summed E-state index contributed by atoms with van der Waals surface area (Å²) in [7, 11) is 3.56. The molecule has 1 aliphatic rings. The van der Waals surface area contributed by atoms with E-state index >= 15 is 0 Å². The van der Waals surface area contributed by atoms with E-state index in [9.17, 15) is 4.79 Å². The normalized spacial score (nSPS) is 21.5. The molecule has 5 nitrogen and oxygen atoms in total. The highest BCUT2D eigenvalue weighted by Crippen LogP contribution is 2.35. The average molecular weight is 376 g/mol. The van der Waals surface area contributed by atoms with Crippen molar-refractivity contribution < 1.29 is 4.74 Å². The SMILES string of the molecule is CO[C@@H]1CC[C@@H](n2c(=O)n(C)c3cnc4ccc(Br)cc4c32)C1. The fourth-order valence-electron chi connectivity index (χ4n) is 3.70. The summed E-state index contributed by atoms with van der Waals surface area (Å²) in [6, 6.07) is 6.18. The molecule has 4 rings (SSSR count). The van der Waals surface area contributed by atoms with E-state index in [0.717, 1.165) is 45.7 Å². The first-order valence-corrected chi connectivity index (χ1v) is 8.57.